The van der Waals surface area contributed by atoms with E-state index >= 15 is 0 Å². The molecule has 10 nitrogen and oxygen atoms in total. The van der Waals surface area contributed by atoms with Gasteiger partial charge in [0.15, 0.2) is 0 Å². The molecule has 4 atom stereocenters. The van der Waals surface area contributed by atoms with Crippen LogP contribution in [-0.4, -0.2) is 74.7 Å². The number of aliphatic hydroxyl groups excluding tert-OH is 4. The number of hydrogen-bond acceptors (Lipinski definition) is 8. The highest BCUT2D eigenvalue weighted by Gasteiger charge is 2.29. The van der Waals surface area contributed by atoms with E-state index < -0.39 is 36.7 Å². The van der Waals surface area contributed by atoms with Crippen LogP contribution in [0.3, 0.4) is 0 Å². The van der Waals surface area contributed by atoms with Gasteiger partial charge in [-0.3, -0.25) is 9.78 Å². The first-order valence-electron chi connectivity index (χ1n) is 6.34. The van der Waals surface area contributed by atoms with E-state index in [9.17, 15) is 19.5 Å². The summed E-state index contributed by atoms with van der Waals surface area (Å²) in [6.45, 7) is 0.976. The quantitative estimate of drug-likeness (QED) is 0.261. The van der Waals surface area contributed by atoms with Crippen LogP contribution in [0.5, 0.6) is 0 Å². The molecule has 1 heterocycles. The van der Waals surface area contributed by atoms with Crippen molar-refractivity contribution in [3.8, 4) is 0 Å². The Morgan fingerprint density at radius 2 is 1.82 bits per heavy atom. The van der Waals surface area contributed by atoms with Gasteiger partial charge < -0.3 is 35.5 Å². The zero-order valence-electron chi connectivity index (χ0n) is 12.2. The highest BCUT2D eigenvalue weighted by molar-refractivity contribution is 5.58. The van der Waals surface area contributed by atoms with Crippen molar-refractivity contribution in [1.82, 2.24) is 15.3 Å². The van der Waals surface area contributed by atoms with Gasteiger partial charge in [-0.2, -0.15) is 0 Å². The minimum atomic E-state index is -1.55. The van der Waals surface area contributed by atoms with Crippen molar-refractivity contribution in [3.05, 3.63) is 32.6 Å². The van der Waals surface area contributed by atoms with E-state index in [0.717, 1.165) is 0 Å². The topological polar surface area (TPSA) is 176 Å². The molecule has 22 heavy (non-hydrogen) atoms. The molecule has 1 aromatic heterocycles. The first kappa shape index (κ1) is 20.1. The number of hydrogen-bond donors (Lipinski definition) is 7. The monoisotopic (exact) mass is 319 g/mol. The Bertz CT molecular complexity index is 528. The van der Waals surface area contributed by atoms with Gasteiger partial charge in [0.05, 0.1) is 12.6 Å². The summed E-state index contributed by atoms with van der Waals surface area (Å²) in [7, 11) is 1.43. The molecule has 0 aliphatic heterocycles. The number of aryl methyl sites for hydroxylation is 1. The zero-order valence-corrected chi connectivity index (χ0v) is 12.2. The number of carbonyl (C=O) groups is 1. The lowest BCUT2D eigenvalue weighted by atomic mass is 10.0. The van der Waals surface area contributed by atoms with E-state index in [1.54, 1.807) is 6.92 Å². The van der Waals surface area contributed by atoms with Gasteiger partial charge in [0, 0.05) is 11.8 Å². The minimum Gasteiger partial charge on any atom is -0.394 e. The maximum atomic E-state index is 10.4. The van der Waals surface area contributed by atoms with Gasteiger partial charge in [-0.1, -0.05) is 0 Å². The van der Waals surface area contributed by atoms with E-state index in [1.165, 1.54) is 13.1 Å². The fourth-order valence-electron chi connectivity index (χ4n) is 1.46. The predicted octanol–water partition coefficient (Wildman–Crippen LogP) is -3.78. The van der Waals surface area contributed by atoms with Gasteiger partial charge in [-0.15, -0.1) is 0 Å². The molecular formula is C12H21N3O7. The Morgan fingerprint density at radius 3 is 2.18 bits per heavy atom. The SMILES string of the molecule is CNC(C=O)C(O)C(O)C(O)CO.Cc1cc(=O)[nH]c(=O)[nH]1. The number of H-pyrrole nitrogens is 2. The highest BCUT2D eigenvalue weighted by atomic mass is 16.4. The molecule has 0 saturated heterocycles. The number of aliphatic hydroxyl groups is 4. The molecule has 0 aliphatic carbocycles. The number of nitrogens with one attached hydrogen (secondary N) is 3. The van der Waals surface area contributed by atoms with Gasteiger partial charge in [0.1, 0.15) is 24.6 Å². The van der Waals surface area contributed by atoms with Crippen LogP contribution in [-0.2, 0) is 4.79 Å². The lowest BCUT2D eigenvalue weighted by Gasteiger charge is -2.25. The third-order valence-electron chi connectivity index (χ3n) is 2.67. The zero-order chi connectivity index (χ0) is 17.3. The summed E-state index contributed by atoms with van der Waals surface area (Å²) in [6, 6.07) is 0.359. The predicted molar refractivity (Wildman–Crippen MR) is 76.4 cm³/mol. The van der Waals surface area contributed by atoms with Gasteiger partial charge in [0.25, 0.3) is 5.56 Å². The van der Waals surface area contributed by atoms with Gasteiger partial charge in [-0.25, -0.2) is 4.79 Å². The molecule has 1 rings (SSSR count). The Kier molecular flexibility index (Phi) is 9.13. The average molecular weight is 319 g/mol. The van der Waals surface area contributed by atoms with E-state index in [-0.39, 0.29) is 5.56 Å². The molecule has 1 aromatic rings. The molecule has 0 aliphatic rings. The smallest absolute Gasteiger partial charge is 0.325 e. The highest BCUT2D eigenvalue weighted by Crippen LogP contribution is 2.03. The summed E-state index contributed by atoms with van der Waals surface area (Å²) in [5.41, 5.74) is -0.250. The third-order valence-corrected chi connectivity index (χ3v) is 2.67. The molecule has 10 heteroatoms. The van der Waals surface area contributed by atoms with Crippen LogP contribution in [0.1, 0.15) is 5.69 Å². The Morgan fingerprint density at radius 1 is 1.23 bits per heavy atom. The second-order valence-electron chi connectivity index (χ2n) is 4.45. The number of carbonyl (C=O) groups excluding carboxylic acids is 1. The van der Waals surface area contributed by atoms with E-state index in [1.807, 2.05) is 4.98 Å². The molecule has 7 N–H and O–H groups in total. The molecular weight excluding hydrogens is 298 g/mol. The number of rotatable bonds is 6. The molecule has 0 aromatic carbocycles. The fraction of sp³-hybridized carbons (Fsp3) is 0.583. The molecule has 4 unspecified atom stereocenters. The molecule has 0 bridgehead atoms. The van der Waals surface area contributed by atoms with Crippen LogP contribution in [0.25, 0.3) is 0 Å². The lowest BCUT2D eigenvalue weighted by Crippen LogP contribution is -2.51. The van der Waals surface area contributed by atoms with Crippen molar-refractivity contribution in [3.63, 3.8) is 0 Å². The molecule has 0 saturated carbocycles. The van der Waals surface area contributed by atoms with Crippen LogP contribution < -0.4 is 16.6 Å². The molecule has 0 amide bonds. The standard InChI is InChI=1S/C7H15NO5.C5H6N2O2/c1-8-4(2-9)6(12)7(13)5(11)3-10;1-3-2-4(8)7-5(9)6-3/h2,4-8,10-13H,3H2,1H3;2H,1H3,(H2,6,7,8,9). The number of likely N-dealkylation sites (N-methyl/N-ethyl adjacent to an activating group) is 1. The maximum Gasteiger partial charge on any atom is 0.325 e. The summed E-state index contributed by atoms with van der Waals surface area (Å²) >= 11 is 0. The first-order valence-corrected chi connectivity index (χ1v) is 6.34. The van der Waals surface area contributed by atoms with E-state index in [0.29, 0.717) is 12.0 Å². The summed E-state index contributed by atoms with van der Waals surface area (Å²) < 4.78 is 0. The largest absolute Gasteiger partial charge is 0.394 e. The summed E-state index contributed by atoms with van der Waals surface area (Å²) in [4.78, 5) is 35.6. The fourth-order valence-corrected chi connectivity index (χ4v) is 1.46. The van der Waals surface area contributed by atoms with Crippen LogP contribution >= 0.6 is 0 Å². The normalized spacial score (nSPS) is 15.9. The molecule has 0 radical (unpaired) electrons. The van der Waals surface area contributed by atoms with Crippen LogP contribution in [0.15, 0.2) is 15.7 Å². The number of aromatic amines is 2. The minimum absolute atomic E-state index is 0.365. The Balaban J connectivity index is 0.000000425. The van der Waals surface area contributed by atoms with Crippen molar-refractivity contribution >= 4 is 6.29 Å². The van der Waals surface area contributed by atoms with Crippen LogP contribution in [0.4, 0.5) is 0 Å². The second-order valence-corrected chi connectivity index (χ2v) is 4.45. The second kappa shape index (κ2) is 9.97. The van der Waals surface area contributed by atoms with Gasteiger partial charge in [0.2, 0.25) is 0 Å². The Labute approximate surface area is 125 Å². The lowest BCUT2D eigenvalue weighted by molar-refractivity contribution is -0.119. The first-order chi connectivity index (χ1) is 10.3. The van der Waals surface area contributed by atoms with Gasteiger partial charge >= 0.3 is 5.69 Å². The summed E-state index contributed by atoms with van der Waals surface area (Å²) in [5, 5.41) is 38.2. The summed E-state index contributed by atoms with van der Waals surface area (Å²) in [5.74, 6) is 0. The van der Waals surface area contributed by atoms with Crippen molar-refractivity contribution in [2.24, 2.45) is 0 Å². The van der Waals surface area contributed by atoms with Crippen molar-refractivity contribution in [2.45, 2.75) is 31.3 Å². The van der Waals surface area contributed by atoms with Crippen LogP contribution in [0, 0.1) is 6.92 Å². The number of aldehydes is 1. The van der Waals surface area contributed by atoms with Crippen molar-refractivity contribution in [1.29, 1.82) is 0 Å². The molecule has 126 valence electrons. The number of aromatic nitrogens is 2. The average Bonchev–Trinajstić information content (AvgIpc) is 2.45. The van der Waals surface area contributed by atoms with Crippen molar-refractivity contribution < 1.29 is 25.2 Å². The molecule has 0 spiro atoms. The van der Waals surface area contributed by atoms with E-state index in [2.05, 4.69) is 10.3 Å². The van der Waals surface area contributed by atoms with E-state index in [4.69, 9.17) is 15.3 Å². The maximum absolute atomic E-state index is 10.4. The Hall–Kier alpha value is -1.85. The third kappa shape index (κ3) is 6.74. The summed E-state index contributed by atoms with van der Waals surface area (Å²) in [6.07, 6.45) is -4.03. The van der Waals surface area contributed by atoms with Crippen molar-refractivity contribution in [2.75, 3.05) is 13.7 Å². The van der Waals surface area contributed by atoms with Gasteiger partial charge in [-0.05, 0) is 14.0 Å². The molecule has 0 fully saturated rings. The van der Waals surface area contributed by atoms with Crippen LogP contribution in [0.2, 0.25) is 0 Å².